The highest BCUT2D eigenvalue weighted by molar-refractivity contribution is 4.94. The highest BCUT2D eigenvalue weighted by Gasteiger charge is 2.44. The average Bonchev–Trinajstić information content (AvgIpc) is 2.32. The van der Waals surface area contributed by atoms with Crippen molar-refractivity contribution in [1.82, 2.24) is 0 Å². The standard InChI is InChI=1S/C7H10F2O3/c1-3-5(10)6(11)7(12-3)4(9)2-8/h1,3-7,10-11H,2H2/t3-,4+,5?,6+,7-/m0/s1. The summed E-state index contributed by atoms with van der Waals surface area (Å²) >= 11 is 0. The van der Waals surface area contributed by atoms with Gasteiger partial charge in [0.25, 0.3) is 0 Å². The number of alkyl halides is 2. The molecule has 0 amide bonds. The first-order chi connectivity index (χ1) is 5.57. The molecular formula is C7H10F2O3. The lowest BCUT2D eigenvalue weighted by Crippen LogP contribution is -2.37. The maximum Gasteiger partial charge on any atom is 0.157 e. The van der Waals surface area contributed by atoms with Gasteiger partial charge in [0, 0.05) is 0 Å². The van der Waals surface area contributed by atoms with E-state index in [0.29, 0.717) is 0 Å². The largest absolute Gasteiger partial charge is 0.388 e. The van der Waals surface area contributed by atoms with Crippen molar-refractivity contribution in [3.63, 3.8) is 0 Å². The molecule has 0 bridgehead atoms. The molecule has 1 aliphatic rings. The van der Waals surface area contributed by atoms with Crippen LogP contribution in [0.4, 0.5) is 8.78 Å². The Balaban J connectivity index is 2.58. The van der Waals surface area contributed by atoms with Gasteiger partial charge in [-0.2, -0.15) is 0 Å². The molecule has 0 aliphatic carbocycles. The van der Waals surface area contributed by atoms with Gasteiger partial charge < -0.3 is 14.9 Å². The highest BCUT2D eigenvalue weighted by atomic mass is 19.2. The van der Waals surface area contributed by atoms with Gasteiger partial charge in [-0.25, -0.2) is 8.78 Å². The fraction of sp³-hybridized carbons (Fsp3) is 0.857. The van der Waals surface area contributed by atoms with Gasteiger partial charge in [-0.3, -0.25) is 0 Å². The average molecular weight is 180 g/mol. The fourth-order valence-corrected chi connectivity index (χ4v) is 1.12. The molecule has 1 heterocycles. The Bertz CT molecular complexity index is 156. The van der Waals surface area contributed by atoms with E-state index in [-0.39, 0.29) is 0 Å². The molecule has 0 aromatic carbocycles. The SMILES string of the molecule is [CH][C@@H]1O[C@@H]([C@H](F)CF)[C@H](O)C1O. The predicted octanol–water partition coefficient (Wildman–Crippen LogP) is -0.506. The second-order valence-electron chi connectivity index (χ2n) is 2.72. The summed E-state index contributed by atoms with van der Waals surface area (Å²) in [6.45, 7) is 3.87. The fourth-order valence-electron chi connectivity index (χ4n) is 1.12. The third kappa shape index (κ3) is 1.57. The summed E-state index contributed by atoms with van der Waals surface area (Å²) in [6, 6.07) is 0. The summed E-state index contributed by atoms with van der Waals surface area (Å²) in [5, 5.41) is 18.1. The van der Waals surface area contributed by atoms with E-state index < -0.39 is 37.3 Å². The van der Waals surface area contributed by atoms with Crippen LogP contribution in [0.2, 0.25) is 0 Å². The van der Waals surface area contributed by atoms with Crippen LogP contribution in [0.15, 0.2) is 0 Å². The third-order valence-electron chi connectivity index (χ3n) is 1.84. The van der Waals surface area contributed by atoms with Gasteiger partial charge in [-0.05, 0) is 6.92 Å². The number of hydrogen-bond donors (Lipinski definition) is 2. The Kier molecular flexibility index (Phi) is 2.98. The van der Waals surface area contributed by atoms with Crippen molar-refractivity contribution in [2.45, 2.75) is 30.6 Å². The van der Waals surface area contributed by atoms with E-state index in [1.807, 2.05) is 0 Å². The second kappa shape index (κ2) is 3.64. The molecule has 0 aromatic heterocycles. The number of ether oxygens (including phenoxy) is 1. The minimum atomic E-state index is -1.94. The summed E-state index contributed by atoms with van der Waals surface area (Å²) in [7, 11) is 0. The molecule has 70 valence electrons. The zero-order valence-corrected chi connectivity index (χ0v) is 6.23. The van der Waals surface area contributed by atoms with Crippen LogP contribution < -0.4 is 0 Å². The summed E-state index contributed by atoms with van der Waals surface area (Å²) in [4.78, 5) is 0. The molecule has 1 rings (SSSR count). The van der Waals surface area contributed by atoms with Crippen molar-refractivity contribution in [1.29, 1.82) is 0 Å². The highest BCUT2D eigenvalue weighted by Crippen LogP contribution is 2.24. The van der Waals surface area contributed by atoms with E-state index in [2.05, 4.69) is 4.74 Å². The number of aliphatic hydroxyl groups excluding tert-OH is 2. The van der Waals surface area contributed by atoms with Gasteiger partial charge in [0.2, 0.25) is 0 Å². The van der Waals surface area contributed by atoms with Gasteiger partial charge in [0.15, 0.2) is 6.17 Å². The van der Waals surface area contributed by atoms with Crippen LogP contribution >= 0.6 is 0 Å². The molecule has 1 fully saturated rings. The topological polar surface area (TPSA) is 49.7 Å². The summed E-state index contributed by atoms with van der Waals surface area (Å²) in [5.41, 5.74) is 0. The Morgan fingerprint density at radius 2 is 2.00 bits per heavy atom. The van der Waals surface area contributed by atoms with E-state index in [0.717, 1.165) is 0 Å². The normalized spacial score (nSPS) is 44.8. The zero-order valence-electron chi connectivity index (χ0n) is 6.23. The quantitative estimate of drug-likeness (QED) is 0.602. The molecule has 0 spiro atoms. The van der Waals surface area contributed by atoms with Crippen LogP contribution in [0.25, 0.3) is 0 Å². The molecule has 1 aliphatic heterocycles. The molecule has 1 saturated heterocycles. The van der Waals surface area contributed by atoms with Gasteiger partial charge >= 0.3 is 0 Å². The van der Waals surface area contributed by atoms with Crippen molar-refractivity contribution in [2.75, 3.05) is 6.67 Å². The van der Waals surface area contributed by atoms with Crippen molar-refractivity contribution < 1.29 is 23.7 Å². The molecular weight excluding hydrogens is 170 g/mol. The van der Waals surface area contributed by atoms with E-state index in [9.17, 15) is 8.78 Å². The van der Waals surface area contributed by atoms with Crippen molar-refractivity contribution in [3.8, 4) is 0 Å². The van der Waals surface area contributed by atoms with Crippen molar-refractivity contribution in [3.05, 3.63) is 6.92 Å². The lowest BCUT2D eigenvalue weighted by molar-refractivity contribution is -0.0340. The first-order valence-electron chi connectivity index (χ1n) is 3.55. The van der Waals surface area contributed by atoms with Crippen LogP contribution in [-0.4, -0.2) is 47.5 Å². The summed E-state index contributed by atoms with van der Waals surface area (Å²) in [5.74, 6) is 0. The van der Waals surface area contributed by atoms with Crippen molar-refractivity contribution >= 4 is 0 Å². The van der Waals surface area contributed by atoms with E-state index in [1.54, 1.807) is 0 Å². The molecule has 1 unspecified atom stereocenters. The monoisotopic (exact) mass is 180 g/mol. The third-order valence-corrected chi connectivity index (χ3v) is 1.84. The maximum absolute atomic E-state index is 12.6. The number of aliphatic hydroxyl groups is 2. The van der Waals surface area contributed by atoms with Gasteiger partial charge in [-0.1, -0.05) is 0 Å². The Hall–Kier alpha value is -0.260. The summed E-state index contributed by atoms with van der Waals surface area (Å²) < 4.78 is 29.0. The van der Waals surface area contributed by atoms with E-state index >= 15 is 0 Å². The summed E-state index contributed by atoms with van der Waals surface area (Å²) in [6.07, 6.45) is -7.25. The van der Waals surface area contributed by atoms with Gasteiger partial charge in [-0.15, -0.1) is 0 Å². The molecule has 12 heavy (non-hydrogen) atoms. The number of hydrogen-bond acceptors (Lipinski definition) is 3. The Labute approximate surface area is 69.0 Å². The molecule has 5 heteroatoms. The van der Waals surface area contributed by atoms with Crippen LogP contribution in [0.5, 0.6) is 0 Å². The van der Waals surface area contributed by atoms with Crippen LogP contribution in [0, 0.1) is 6.92 Å². The van der Waals surface area contributed by atoms with Crippen LogP contribution in [-0.2, 0) is 4.74 Å². The Morgan fingerprint density at radius 3 is 2.33 bits per heavy atom. The number of rotatable bonds is 2. The first-order valence-corrected chi connectivity index (χ1v) is 3.55. The van der Waals surface area contributed by atoms with Gasteiger partial charge in [0.1, 0.15) is 25.0 Å². The smallest absolute Gasteiger partial charge is 0.157 e. The minimum absolute atomic E-state index is 1.14. The molecule has 2 radical (unpaired) electrons. The maximum atomic E-state index is 12.6. The first kappa shape index (κ1) is 9.83. The molecule has 2 N–H and O–H groups in total. The van der Waals surface area contributed by atoms with Gasteiger partial charge in [0.05, 0.1) is 6.10 Å². The molecule has 0 aromatic rings. The van der Waals surface area contributed by atoms with Crippen LogP contribution in [0.3, 0.4) is 0 Å². The van der Waals surface area contributed by atoms with Crippen LogP contribution in [0.1, 0.15) is 0 Å². The Morgan fingerprint density at radius 1 is 1.42 bits per heavy atom. The van der Waals surface area contributed by atoms with E-state index in [4.69, 9.17) is 17.1 Å². The molecule has 3 nitrogen and oxygen atoms in total. The van der Waals surface area contributed by atoms with Crippen molar-refractivity contribution in [2.24, 2.45) is 0 Å². The molecule has 0 saturated carbocycles. The lowest BCUT2D eigenvalue weighted by Gasteiger charge is -2.16. The second-order valence-corrected chi connectivity index (χ2v) is 2.72. The predicted molar refractivity (Wildman–Crippen MR) is 35.8 cm³/mol. The zero-order chi connectivity index (χ0) is 9.30. The van der Waals surface area contributed by atoms with E-state index in [1.165, 1.54) is 0 Å². The minimum Gasteiger partial charge on any atom is -0.388 e. The lowest BCUT2D eigenvalue weighted by atomic mass is 10.1. The molecule has 5 atom stereocenters. The number of halogens is 2.